The lowest BCUT2D eigenvalue weighted by atomic mass is 9.95. The zero-order chi connectivity index (χ0) is 19.1. The van der Waals surface area contributed by atoms with Crippen molar-refractivity contribution in [2.45, 2.75) is 25.2 Å². The van der Waals surface area contributed by atoms with Gasteiger partial charge in [0.25, 0.3) is 0 Å². The van der Waals surface area contributed by atoms with Gasteiger partial charge in [0.2, 0.25) is 0 Å². The molecular weight excluding hydrogens is 350 g/mol. The van der Waals surface area contributed by atoms with Crippen LogP contribution in [0.5, 0.6) is 0 Å². The van der Waals surface area contributed by atoms with Crippen LogP contribution >= 0.6 is 0 Å². The minimum absolute atomic E-state index is 0.125. The molecule has 0 aliphatic carbocycles. The highest BCUT2D eigenvalue weighted by Crippen LogP contribution is 2.35. The third-order valence-electron chi connectivity index (χ3n) is 5.59. The van der Waals surface area contributed by atoms with Crippen LogP contribution in [0.3, 0.4) is 0 Å². The molecule has 0 radical (unpaired) electrons. The normalized spacial score (nSPS) is 21.1. The maximum absolute atomic E-state index is 6.56. The Bertz CT molecular complexity index is 1010. The molecule has 142 valence electrons. The van der Waals surface area contributed by atoms with Crippen LogP contribution in [0, 0.1) is 0 Å². The lowest BCUT2D eigenvalue weighted by Gasteiger charge is -2.44. The number of aromatic amines is 1. The van der Waals surface area contributed by atoms with Crippen molar-refractivity contribution in [1.29, 1.82) is 0 Å². The summed E-state index contributed by atoms with van der Waals surface area (Å²) >= 11 is 0. The molecule has 3 heterocycles. The number of benzene rings is 2. The lowest BCUT2D eigenvalue weighted by Crippen LogP contribution is -2.56. The van der Waals surface area contributed by atoms with Gasteiger partial charge in [-0.25, -0.2) is 0 Å². The Hall–Kier alpha value is -3.32. The molecule has 2 atom stereocenters. The summed E-state index contributed by atoms with van der Waals surface area (Å²) in [5.41, 5.74) is 17.6. The van der Waals surface area contributed by atoms with Gasteiger partial charge in [0.05, 0.1) is 17.8 Å². The summed E-state index contributed by atoms with van der Waals surface area (Å²) in [6.45, 7) is 1.66. The van der Waals surface area contributed by atoms with Gasteiger partial charge >= 0.3 is 0 Å². The van der Waals surface area contributed by atoms with Gasteiger partial charge in [-0.1, -0.05) is 48.5 Å². The highest BCUT2D eigenvalue weighted by molar-refractivity contribution is 5.84. The van der Waals surface area contributed by atoms with E-state index in [2.05, 4.69) is 68.6 Å². The third kappa shape index (κ3) is 2.80. The molecule has 1 aromatic heterocycles. The number of guanidine groups is 1. The summed E-state index contributed by atoms with van der Waals surface area (Å²) < 4.78 is 0. The van der Waals surface area contributed by atoms with Crippen LogP contribution < -0.4 is 16.4 Å². The van der Waals surface area contributed by atoms with Crippen molar-refractivity contribution < 1.29 is 0 Å². The van der Waals surface area contributed by atoms with Crippen molar-refractivity contribution in [3.05, 3.63) is 77.5 Å². The van der Waals surface area contributed by atoms with Crippen molar-refractivity contribution in [2.24, 2.45) is 16.5 Å². The standard InChI is InChI=1S/C21H23N7/c22-19-17-11-24-26-20(17)25-21(23)28(19)16-10-15-8-4-5-9-18(15)27(13-16)12-14-6-2-1-3-7-14/h1-9,11,16,19H,10,12-13,22H2,(H3,23,24,25,26). The van der Waals surface area contributed by atoms with E-state index in [-0.39, 0.29) is 12.2 Å². The summed E-state index contributed by atoms with van der Waals surface area (Å²) in [5.74, 6) is 1.09. The zero-order valence-electron chi connectivity index (χ0n) is 15.5. The number of aliphatic imine (C=N–C) groups is 1. The number of nitrogens with zero attached hydrogens (tertiary/aromatic N) is 4. The Kier molecular flexibility index (Phi) is 4.02. The molecule has 3 aromatic rings. The number of H-pyrrole nitrogens is 1. The van der Waals surface area contributed by atoms with E-state index in [1.165, 1.54) is 16.8 Å². The molecule has 0 saturated heterocycles. The average Bonchev–Trinajstić information content (AvgIpc) is 3.17. The number of fused-ring (bicyclic) bond motifs is 2. The minimum atomic E-state index is -0.361. The smallest absolute Gasteiger partial charge is 0.199 e. The first-order chi connectivity index (χ1) is 13.7. The van der Waals surface area contributed by atoms with E-state index in [4.69, 9.17) is 11.5 Å². The molecule has 2 aromatic carbocycles. The molecular formula is C21H23N7. The van der Waals surface area contributed by atoms with Crippen LogP contribution in [0.4, 0.5) is 11.5 Å². The van der Waals surface area contributed by atoms with Crippen LogP contribution in [-0.4, -0.2) is 33.6 Å². The first-order valence-corrected chi connectivity index (χ1v) is 9.49. The average molecular weight is 373 g/mol. The molecule has 5 rings (SSSR count). The fourth-order valence-corrected chi connectivity index (χ4v) is 4.28. The monoisotopic (exact) mass is 373 g/mol. The molecule has 0 fully saturated rings. The van der Waals surface area contributed by atoms with Crippen LogP contribution in [0.2, 0.25) is 0 Å². The predicted octanol–water partition coefficient (Wildman–Crippen LogP) is 2.26. The van der Waals surface area contributed by atoms with Gasteiger partial charge in [0, 0.05) is 18.8 Å². The number of hydrogen-bond acceptors (Lipinski definition) is 6. The summed E-state index contributed by atoms with van der Waals surface area (Å²) in [4.78, 5) is 8.92. The van der Waals surface area contributed by atoms with Crippen LogP contribution in [-0.2, 0) is 13.0 Å². The number of rotatable bonds is 3. The maximum atomic E-state index is 6.56. The molecule has 7 heteroatoms. The molecule has 0 saturated carbocycles. The van der Waals surface area contributed by atoms with Crippen LogP contribution in [0.1, 0.15) is 22.9 Å². The van der Waals surface area contributed by atoms with E-state index in [1.807, 2.05) is 11.0 Å². The highest BCUT2D eigenvalue weighted by Gasteiger charge is 2.36. The summed E-state index contributed by atoms with van der Waals surface area (Å²) in [6, 6.07) is 19.2. The summed E-state index contributed by atoms with van der Waals surface area (Å²) in [6.07, 6.45) is 2.25. The van der Waals surface area contributed by atoms with E-state index in [1.54, 1.807) is 6.20 Å². The van der Waals surface area contributed by atoms with Gasteiger partial charge in [0.1, 0.15) is 6.17 Å². The predicted molar refractivity (Wildman–Crippen MR) is 110 cm³/mol. The van der Waals surface area contributed by atoms with Crippen molar-refractivity contribution in [3.8, 4) is 0 Å². The van der Waals surface area contributed by atoms with Crippen molar-refractivity contribution in [1.82, 2.24) is 15.1 Å². The summed E-state index contributed by atoms with van der Waals surface area (Å²) in [7, 11) is 0. The number of para-hydroxylation sites is 1. The molecule has 2 aliphatic heterocycles. The van der Waals surface area contributed by atoms with Gasteiger partial charge in [-0.05, 0) is 23.6 Å². The van der Waals surface area contributed by atoms with Crippen LogP contribution in [0.25, 0.3) is 0 Å². The van der Waals surface area contributed by atoms with E-state index in [0.29, 0.717) is 11.8 Å². The molecule has 28 heavy (non-hydrogen) atoms. The van der Waals surface area contributed by atoms with Gasteiger partial charge in [-0.15, -0.1) is 0 Å². The Morgan fingerprint density at radius 3 is 2.71 bits per heavy atom. The van der Waals surface area contributed by atoms with Crippen molar-refractivity contribution in [3.63, 3.8) is 0 Å². The zero-order valence-corrected chi connectivity index (χ0v) is 15.5. The second kappa shape index (κ2) is 6.69. The van der Waals surface area contributed by atoms with Gasteiger partial charge in [-0.2, -0.15) is 10.1 Å². The van der Waals surface area contributed by atoms with Gasteiger partial charge < -0.3 is 21.3 Å². The molecule has 0 amide bonds. The Labute approximate surface area is 163 Å². The maximum Gasteiger partial charge on any atom is 0.199 e. The topological polar surface area (TPSA) is 99.6 Å². The van der Waals surface area contributed by atoms with Crippen molar-refractivity contribution >= 4 is 17.5 Å². The van der Waals surface area contributed by atoms with E-state index >= 15 is 0 Å². The number of aromatic nitrogens is 2. The van der Waals surface area contributed by atoms with Gasteiger partial charge in [-0.3, -0.25) is 5.10 Å². The number of nitrogens with two attached hydrogens (primary N) is 2. The minimum Gasteiger partial charge on any atom is -0.369 e. The Balaban J connectivity index is 1.48. The fraction of sp³-hybridized carbons (Fsp3) is 0.238. The first kappa shape index (κ1) is 16.8. The van der Waals surface area contributed by atoms with E-state index in [0.717, 1.165) is 25.1 Å². The second-order valence-corrected chi connectivity index (χ2v) is 7.35. The molecule has 0 spiro atoms. The SMILES string of the molecule is NC1=Nc2[nH]ncc2C(N)N1C1Cc2ccccc2N(Cc2ccccc2)C1. The Morgan fingerprint density at radius 1 is 1.07 bits per heavy atom. The first-order valence-electron chi connectivity index (χ1n) is 9.49. The molecule has 2 aliphatic rings. The second-order valence-electron chi connectivity index (χ2n) is 7.35. The number of anilines is 1. The summed E-state index contributed by atoms with van der Waals surface area (Å²) in [5, 5.41) is 6.93. The number of nitrogens with one attached hydrogen (secondary N) is 1. The Morgan fingerprint density at radius 2 is 1.86 bits per heavy atom. The highest BCUT2D eigenvalue weighted by atomic mass is 15.4. The largest absolute Gasteiger partial charge is 0.369 e. The van der Waals surface area contributed by atoms with Crippen molar-refractivity contribution in [2.75, 3.05) is 11.4 Å². The quantitative estimate of drug-likeness (QED) is 0.654. The third-order valence-corrected chi connectivity index (χ3v) is 5.59. The van der Waals surface area contributed by atoms with Crippen LogP contribution in [0.15, 0.2) is 65.8 Å². The van der Waals surface area contributed by atoms with E-state index in [9.17, 15) is 0 Å². The molecule has 7 nitrogen and oxygen atoms in total. The lowest BCUT2D eigenvalue weighted by molar-refractivity contribution is 0.229. The van der Waals surface area contributed by atoms with E-state index < -0.39 is 0 Å². The molecule has 2 unspecified atom stereocenters. The molecule has 5 N–H and O–H groups in total. The van der Waals surface area contributed by atoms with Gasteiger partial charge in [0.15, 0.2) is 11.8 Å². The fourth-order valence-electron chi connectivity index (χ4n) is 4.28. The molecule has 0 bridgehead atoms. The number of hydrogen-bond donors (Lipinski definition) is 3.